The third-order valence-corrected chi connectivity index (χ3v) is 4.06. The lowest BCUT2D eigenvalue weighted by Gasteiger charge is -2.17. The van der Waals surface area contributed by atoms with Crippen LogP contribution in [0.25, 0.3) is 0 Å². The number of carbonyl (C=O) groups excluding carboxylic acids is 1. The number of aliphatic carboxylic acids is 1. The van der Waals surface area contributed by atoms with Gasteiger partial charge in [0.15, 0.2) is 0 Å². The van der Waals surface area contributed by atoms with Gasteiger partial charge in [0.2, 0.25) is 5.91 Å². The number of nitrogens with one attached hydrogen (secondary N) is 1. The molecule has 0 saturated heterocycles. The van der Waals surface area contributed by atoms with Gasteiger partial charge in [-0.15, -0.1) is 0 Å². The molecule has 0 aliphatic carbocycles. The molecule has 2 aromatic rings. The van der Waals surface area contributed by atoms with Crippen molar-refractivity contribution < 1.29 is 19.6 Å². The average Bonchev–Trinajstić information content (AvgIpc) is 2.53. The molecule has 7 heteroatoms. The second kappa shape index (κ2) is 8.93. The van der Waals surface area contributed by atoms with E-state index in [4.69, 9.17) is 5.11 Å². The maximum absolute atomic E-state index is 12.4. The Labute approximate surface area is 157 Å². The van der Waals surface area contributed by atoms with Gasteiger partial charge in [0.1, 0.15) is 0 Å². The van der Waals surface area contributed by atoms with Crippen LogP contribution >= 0.6 is 0 Å². The van der Waals surface area contributed by atoms with Gasteiger partial charge in [-0.25, -0.2) is 0 Å². The third-order valence-electron chi connectivity index (χ3n) is 4.06. The number of nitrogens with zero attached hydrogens (tertiary/aromatic N) is 1. The van der Waals surface area contributed by atoms with E-state index in [0.29, 0.717) is 0 Å². The first-order chi connectivity index (χ1) is 12.7. The molecule has 0 unspecified atom stereocenters. The highest BCUT2D eigenvalue weighted by molar-refractivity contribution is 5.80. The second-order valence-corrected chi connectivity index (χ2v) is 6.66. The van der Waals surface area contributed by atoms with Crippen LogP contribution in [-0.4, -0.2) is 27.9 Å². The molecule has 2 aromatic carbocycles. The van der Waals surface area contributed by atoms with Crippen LogP contribution in [0.3, 0.4) is 0 Å². The van der Waals surface area contributed by atoms with E-state index in [1.807, 2.05) is 32.0 Å². The number of carboxylic acids is 1. The summed E-state index contributed by atoms with van der Waals surface area (Å²) in [5.74, 6) is -1.28. The molecule has 0 heterocycles. The monoisotopic (exact) mass is 370 g/mol. The molecule has 0 aliphatic rings. The summed E-state index contributed by atoms with van der Waals surface area (Å²) in [5, 5.41) is 22.6. The lowest BCUT2D eigenvalue weighted by Crippen LogP contribution is -2.39. The van der Waals surface area contributed by atoms with Crippen LogP contribution in [0.15, 0.2) is 42.5 Å². The Morgan fingerprint density at radius 3 is 2.19 bits per heavy atom. The predicted octanol–water partition coefficient (Wildman–Crippen LogP) is 2.96. The van der Waals surface area contributed by atoms with Gasteiger partial charge in [-0.2, -0.15) is 0 Å². The van der Waals surface area contributed by atoms with Gasteiger partial charge in [-0.3, -0.25) is 19.7 Å². The Bertz CT molecular complexity index is 826. The number of aryl methyl sites for hydroxylation is 2. The van der Waals surface area contributed by atoms with E-state index in [0.717, 1.165) is 22.3 Å². The molecule has 1 amide bonds. The maximum Gasteiger partial charge on any atom is 0.305 e. The molecular formula is C20H22N2O5. The zero-order valence-electron chi connectivity index (χ0n) is 15.3. The van der Waals surface area contributed by atoms with Crippen molar-refractivity contribution in [2.75, 3.05) is 0 Å². The summed E-state index contributed by atoms with van der Waals surface area (Å²) < 4.78 is 0. The van der Waals surface area contributed by atoms with E-state index in [9.17, 15) is 19.7 Å². The van der Waals surface area contributed by atoms with Gasteiger partial charge >= 0.3 is 5.97 Å². The number of carbonyl (C=O) groups is 2. The molecule has 0 bridgehead atoms. The van der Waals surface area contributed by atoms with Crippen molar-refractivity contribution in [2.45, 2.75) is 39.2 Å². The van der Waals surface area contributed by atoms with E-state index in [2.05, 4.69) is 5.32 Å². The molecule has 0 aliphatic heterocycles. The number of nitro benzene ring substituents is 1. The fraction of sp³-hybridized carbons (Fsp3) is 0.300. The van der Waals surface area contributed by atoms with Gasteiger partial charge in [0, 0.05) is 18.2 Å². The van der Waals surface area contributed by atoms with Crippen molar-refractivity contribution in [1.82, 2.24) is 5.32 Å². The average molecular weight is 370 g/mol. The van der Waals surface area contributed by atoms with Crippen LogP contribution in [0.4, 0.5) is 5.69 Å². The summed E-state index contributed by atoms with van der Waals surface area (Å²) in [5.41, 5.74) is 3.68. The van der Waals surface area contributed by atoms with Crippen molar-refractivity contribution in [3.05, 3.63) is 74.8 Å². The number of amides is 1. The maximum atomic E-state index is 12.4. The lowest BCUT2D eigenvalue weighted by atomic mass is 10.0. The Morgan fingerprint density at radius 1 is 1.07 bits per heavy atom. The Kier molecular flexibility index (Phi) is 6.65. The molecule has 27 heavy (non-hydrogen) atoms. The van der Waals surface area contributed by atoms with Crippen LogP contribution in [0.5, 0.6) is 0 Å². The zero-order valence-corrected chi connectivity index (χ0v) is 15.3. The van der Waals surface area contributed by atoms with Crippen LogP contribution in [-0.2, 0) is 22.4 Å². The SMILES string of the molecule is Cc1cc(C)cc(CC(=O)N[C@H](CC(=O)O)Cc2ccc([N+](=O)[O-])cc2)c1. The standard InChI is InChI=1S/C20H22N2O5/c1-13-7-14(2)9-16(8-13)11-19(23)21-17(12-20(24)25)10-15-3-5-18(6-4-15)22(26)27/h3-9,17H,10-12H2,1-2H3,(H,21,23)(H,24,25)/t17-/m0/s1. The summed E-state index contributed by atoms with van der Waals surface area (Å²) in [4.78, 5) is 33.7. The smallest absolute Gasteiger partial charge is 0.305 e. The van der Waals surface area contributed by atoms with Crippen LogP contribution in [0.1, 0.15) is 28.7 Å². The Morgan fingerprint density at radius 2 is 1.67 bits per heavy atom. The van der Waals surface area contributed by atoms with E-state index in [-0.39, 0.29) is 30.9 Å². The van der Waals surface area contributed by atoms with Crippen LogP contribution < -0.4 is 5.32 Å². The van der Waals surface area contributed by atoms with E-state index < -0.39 is 16.9 Å². The predicted molar refractivity (Wildman–Crippen MR) is 101 cm³/mol. The summed E-state index contributed by atoms with van der Waals surface area (Å²) in [6.07, 6.45) is 0.220. The van der Waals surface area contributed by atoms with Crippen molar-refractivity contribution in [2.24, 2.45) is 0 Å². The molecule has 0 aromatic heterocycles. The van der Waals surface area contributed by atoms with Gasteiger partial charge in [0.05, 0.1) is 17.8 Å². The minimum Gasteiger partial charge on any atom is -0.481 e. The fourth-order valence-corrected chi connectivity index (χ4v) is 3.06. The number of benzene rings is 2. The van der Waals surface area contributed by atoms with E-state index in [1.165, 1.54) is 12.1 Å². The molecule has 1 atom stereocenters. The summed E-state index contributed by atoms with van der Waals surface area (Å²) in [6, 6.07) is 11.1. The summed E-state index contributed by atoms with van der Waals surface area (Å²) >= 11 is 0. The molecule has 0 spiro atoms. The van der Waals surface area contributed by atoms with Crippen molar-refractivity contribution in [3.63, 3.8) is 0 Å². The Hall–Kier alpha value is -3.22. The number of hydrogen-bond acceptors (Lipinski definition) is 4. The molecule has 142 valence electrons. The first kappa shape index (κ1) is 20.1. The summed E-state index contributed by atoms with van der Waals surface area (Å²) in [7, 11) is 0. The molecule has 0 fully saturated rings. The summed E-state index contributed by atoms with van der Waals surface area (Å²) in [6.45, 7) is 3.91. The quantitative estimate of drug-likeness (QED) is 0.548. The third kappa shape index (κ3) is 6.54. The van der Waals surface area contributed by atoms with E-state index >= 15 is 0 Å². The molecule has 2 N–H and O–H groups in total. The molecule has 0 radical (unpaired) electrons. The minimum atomic E-state index is -1.02. The van der Waals surface area contributed by atoms with Crippen molar-refractivity contribution in [3.8, 4) is 0 Å². The van der Waals surface area contributed by atoms with Crippen molar-refractivity contribution >= 4 is 17.6 Å². The zero-order chi connectivity index (χ0) is 20.0. The second-order valence-electron chi connectivity index (χ2n) is 6.66. The molecule has 2 rings (SSSR count). The number of carboxylic acid groups (broad SMARTS) is 1. The number of hydrogen-bond donors (Lipinski definition) is 2. The Balaban J connectivity index is 2.05. The largest absolute Gasteiger partial charge is 0.481 e. The van der Waals surface area contributed by atoms with Gasteiger partial charge in [0.25, 0.3) is 5.69 Å². The van der Waals surface area contributed by atoms with Crippen LogP contribution in [0.2, 0.25) is 0 Å². The highest BCUT2D eigenvalue weighted by atomic mass is 16.6. The molecule has 7 nitrogen and oxygen atoms in total. The van der Waals surface area contributed by atoms with Crippen molar-refractivity contribution in [1.29, 1.82) is 0 Å². The lowest BCUT2D eigenvalue weighted by molar-refractivity contribution is -0.384. The topological polar surface area (TPSA) is 110 Å². The van der Waals surface area contributed by atoms with Gasteiger partial charge in [-0.1, -0.05) is 41.5 Å². The first-order valence-electron chi connectivity index (χ1n) is 8.54. The van der Waals surface area contributed by atoms with Gasteiger partial charge < -0.3 is 10.4 Å². The normalized spacial score (nSPS) is 11.6. The van der Waals surface area contributed by atoms with E-state index in [1.54, 1.807) is 12.1 Å². The first-order valence-corrected chi connectivity index (χ1v) is 8.54. The van der Waals surface area contributed by atoms with Crippen LogP contribution in [0, 0.1) is 24.0 Å². The minimum absolute atomic E-state index is 0.0348. The highest BCUT2D eigenvalue weighted by Gasteiger charge is 2.17. The number of non-ortho nitro benzene ring substituents is 1. The molecular weight excluding hydrogens is 348 g/mol. The number of rotatable bonds is 8. The van der Waals surface area contributed by atoms with Gasteiger partial charge in [-0.05, 0) is 31.4 Å². The molecule has 0 saturated carbocycles. The highest BCUT2D eigenvalue weighted by Crippen LogP contribution is 2.15. The number of nitro groups is 1. The fourth-order valence-electron chi connectivity index (χ4n) is 3.06.